The van der Waals surface area contributed by atoms with Crippen LogP contribution in [0.25, 0.3) is 0 Å². The molecular weight excluding hydrogens is 476 g/mol. The van der Waals surface area contributed by atoms with Gasteiger partial charge in [0.05, 0.1) is 11.5 Å². The predicted molar refractivity (Wildman–Crippen MR) is 125 cm³/mol. The minimum absolute atomic E-state index is 0.255. The van der Waals surface area contributed by atoms with E-state index in [1.54, 1.807) is 0 Å². The molecule has 0 aromatic heterocycles. The first-order valence-electron chi connectivity index (χ1n) is 10.1. The second kappa shape index (κ2) is 11.1. The first kappa shape index (κ1) is 23.1. The Hall–Kier alpha value is -1.15. The van der Waals surface area contributed by atoms with Gasteiger partial charge in [0.15, 0.2) is 0 Å². The van der Waals surface area contributed by atoms with Crippen molar-refractivity contribution >= 4 is 31.9 Å². The van der Waals surface area contributed by atoms with Crippen LogP contribution in [0.15, 0.2) is 57.5 Å². The van der Waals surface area contributed by atoms with Gasteiger partial charge in [-0.1, -0.05) is 57.2 Å². The maximum absolute atomic E-state index is 10.1. The Labute approximate surface area is 187 Å². The largest absolute Gasteiger partial charge is 0.303 e. The summed E-state index contributed by atoms with van der Waals surface area (Å²) < 4.78 is 2.02. The zero-order valence-corrected chi connectivity index (χ0v) is 20.3. The maximum atomic E-state index is 10.1. The highest BCUT2D eigenvalue weighted by Gasteiger charge is 2.36. The second-order valence-corrected chi connectivity index (χ2v) is 9.35. The monoisotopic (exact) mass is 504 g/mol. The van der Waals surface area contributed by atoms with Crippen LogP contribution in [-0.4, -0.2) is 24.5 Å². The van der Waals surface area contributed by atoms with Gasteiger partial charge in [0, 0.05) is 15.5 Å². The van der Waals surface area contributed by atoms with Crippen molar-refractivity contribution in [3.05, 3.63) is 68.6 Å². The molecule has 0 saturated heterocycles. The number of nitrogens with zero attached hydrogens (tertiary/aromatic N) is 2. The maximum Gasteiger partial charge on any atom is 0.0846 e. The molecule has 0 amide bonds. The van der Waals surface area contributed by atoms with Crippen molar-refractivity contribution < 1.29 is 0 Å². The predicted octanol–water partition coefficient (Wildman–Crippen LogP) is 6.97. The Bertz CT molecular complexity index is 783. The Kier molecular flexibility index (Phi) is 9.21. The zero-order chi connectivity index (χ0) is 20.6. The lowest BCUT2D eigenvalue weighted by molar-refractivity contribution is 0.264. The highest BCUT2D eigenvalue weighted by molar-refractivity contribution is 9.13. The molecule has 2 nitrogen and oxygen atoms in total. The smallest absolute Gasteiger partial charge is 0.0846 e. The van der Waals surface area contributed by atoms with Gasteiger partial charge in [-0.2, -0.15) is 5.26 Å². The summed E-state index contributed by atoms with van der Waals surface area (Å²) in [4.78, 5) is 2.49. The molecule has 0 aliphatic carbocycles. The summed E-state index contributed by atoms with van der Waals surface area (Å²) in [7, 11) is 0. The van der Waals surface area contributed by atoms with Gasteiger partial charge < -0.3 is 4.90 Å². The molecule has 2 aromatic rings. The fraction of sp³-hybridized carbons (Fsp3) is 0.458. The minimum atomic E-state index is -0.456. The third-order valence-electron chi connectivity index (χ3n) is 5.67. The average molecular weight is 506 g/mol. The Morgan fingerprint density at radius 1 is 1.04 bits per heavy atom. The van der Waals surface area contributed by atoms with Crippen LogP contribution in [0.1, 0.15) is 44.7 Å². The number of likely N-dealkylation sites (N-methyl/N-ethyl adjacent to an activating group) is 1. The molecule has 150 valence electrons. The number of halogens is 2. The summed E-state index contributed by atoms with van der Waals surface area (Å²) in [5.41, 5.74) is 2.03. The van der Waals surface area contributed by atoms with Crippen LogP contribution in [0, 0.1) is 17.2 Å². The molecule has 0 saturated carbocycles. The molecule has 0 bridgehead atoms. The third-order valence-corrected chi connectivity index (χ3v) is 7.55. The van der Waals surface area contributed by atoms with E-state index in [2.05, 4.69) is 106 Å². The Balaban J connectivity index is 2.02. The minimum Gasteiger partial charge on any atom is -0.303 e. The SMILES string of the molecule is CCN(CCCC(C#N)(c1ccc(Br)c(Br)c1)C(C)C)CCc1ccccc1. The highest BCUT2D eigenvalue weighted by Crippen LogP contribution is 2.39. The van der Waals surface area contributed by atoms with Gasteiger partial charge in [0.2, 0.25) is 0 Å². The average Bonchev–Trinajstić information content (AvgIpc) is 2.70. The highest BCUT2D eigenvalue weighted by atomic mass is 79.9. The van der Waals surface area contributed by atoms with E-state index >= 15 is 0 Å². The van der Waals surface area contributed by atoms with E-state index in [-0.39, 0.29) is 5.92 Å². The van der Waals surface area contributed by atoms with Crippen LogP contribution >= 0.6 is 31.9 Å². The number of hydrogen-bond acceptors (Lipinski definition) is 2. The van der Waals surface area contributed by atoms with Crippen LogP contribution in [0.3, 0.4) is 0 Å². The number of hydrogen-bond donors (Lipinski definition) is 0. The van der Waals surface area contributed by atoms with E-state index in [1.807, 2.05) is 6.07 Å². The Morgan fingerprint density at radius 3 is 2.32 bits per heavy atom. The molecule has 4 heteroatoms. The standard InChI is InChI=1S/C24H30Br2N2/c1-4-28(16-13-20-9-6-5-7-10-20)15-8-14-24(18-27,19(2)3)21-11-12-22(25)23(26)17-21/h5-7,9-12,17,19H,4,8,13-16H2,1-3H3. The van der Waals surface area contributed by atoms with Crippen molar-refractivity contribution in [1.29, 1.82) is 5.26 Å². The van der Waals surface area contributed by atoms with Gasteiger partial charge in [-0.3, -0.25) is 0 Å². The first-order chi connectivity index (χ1) is 13.4. The first-order valence-corrected chi connectivity index (χ1v) is 11.6. The van der Waals surface area contributed by atoms with Crippen molar-refractivity contribution in [1.82, 2.24) is 4.90 Å². The zero-order valence-electron chi connectivity index (χ0n) is 17.1. The van der Waals surface area contributed by atoms with Crippen molar-refractivity contribution in [3.8, 4) is 6.07 Å². The van der Waals surface area contributed by atoms with Crippen LogP contribution in [0.4, 0.5) is 0 Å². The molecule has 0 heterocycles. The number of benzene rings is 2. The fourth-order valence-corrected chi connectivity index (χ4v) is 4.36. The van der Waals surface area contributed by atoms with E-state index in [9.17, 15) is 5.26 Å². The van der Waals surface area contributed by atoms with Crippen LogP contribution < -0.4 is 0 Å². The van der Waals surface area contributed by atoms with Gasteiger partial charge >= 0.3 is 0 Å². The van der Waals surface area contributed by atoms with Crippen LogP contribution in [0.5, 0.6) is 0 Å². The Morgan fingerprint density at radius 2 is 1.75 bits per heavy atom. The van der Waals surface area contributed by atoms with Crippen molar-refractivity contribution in [2.24, 2.45) is 5.92 Å². The van der Waals surface area contributed by atoms with E-state index in [0.717, 1.165) is 53.4 Å². The van der Waals surface area contributed by atoms with Gasteiger partial charge in [-0.25, -0.2) is 0 Å². The molecule has 2 aromatic carbocycles. The van der Waals surface area contributed by atoms with Crippen LogP contribution in [-0.2, 0) is 11.8 Å². The quantitative estimate of drug-likeness (QED) is 0.348. The van der Waals surface area contributed by atoms with Crippen LogP contribution in [0.2, 0.25) is 0 Å². The molecule has 0 N–H and O–H groups in total. The molecule has 28 heavy (non-hydrogen) atoms. The summed E-state index contributed by atoms with van der Waals surface area (Å²) in [5, 5.41) is 10.1. The van der Waals surface area contributed by atoms with Gasteiger partial charge in [0.1, 0.15) is 0 Å². The summed E-state index contributed by atoms with van der Waals surface area (Å²) in [6, 6.07) is 19.5. The molecule has 1 atom stereocenters. The van der Waals surface area contributed by atoms with Gasteiger partial charge in [-0.05, 0) is 93.4 Å². The molecule has 1 unspecified atom stereocenters. The van der Waals surface area contributed by atoms with Crippen molar-refractivity contribution in [2.45, 2.75) is 45.4 Å². The number of rotatable bonds is 10. The fourth-order valence-electron chi connectivity index (χ4n) is 3.73. The van der Waals surface area contributed by atoms with E-state index < -0.39 is 5.41 Å². The van der Waals surface area contributed by atoms with Gasteiger partial charge in [0.25, 0.3) is 0 Å². The van der Waals surface area contributed by atoms with E-state index in [4.69, 9.17) is 0 Å². The van der Waals surface area contributed by atoms with E-state index in [1.165, 1.54) is 5.56 Å². The molecule has 0 spiro atoms. The van der Waals surface area contributed by atoms with Gasteiger partial charge in [-0.15, -0.1) is 0 Å². The van der Waals surface area contributed by atoms with Crippen molar-refractivity contribution in [2.75, 3.05) is 19.6 Å². The lowest BCUT2D eigenvalue weighted by atomic mass is 9.70. The molecular formula is C24H30Br2N2. The number of nitriles is 1. The second-order valence-electron chi connectivity index (χ2n) is 7.64. The molecule has 0 fully saturated rings. The summed E-state index contributed by atoms with van der Waals surface area (Å²) >= 11 is 7.13. The summed E-state index contributed by atoms with van der Waals surface area (Å²) in [6.45, 7) is 9.66. The molecule has 0 radical (unpaired) electrons. The molecule has 2 rings (SSSR count). The topological polar surface area (TPSA) is 27.0 Å². The van der Waals surface area contributed by atoms with Crippen molar-refractivity contribution in [3.63, 3.8) is 0 Å². The molecule has 0 aliphatic heterocycles. The summed E-state index contributed by atoms with van der Waals surface area (Å²) in [6.07, 6.45) is 2.96. The molecule has 0 aliphatic rings. The van der Waals surface area contributed by atoms with E-state index in [0.29, 0.717) is 0 Å². The lowest BCUT2D eigenvalue weighted by Crippen LogP contribution is -2.33. The normalized spacial score (nSPS) is 13.5. The lowest BCUT2D eigenvalue weighted by Gasteiger charge is -2.32. The third kappa shape index (κ3) is 5.92. The summed E-state index contributed by atoms with van der Waals surface area (Å²) in [5.74, 6) is 0.255.